The Balaban J connectivity index is 1.96. The zero-order valence-corrected chi connectivity index (χ0v) is 12.7. The van der Waals surface area contributed by atoms with Crippen LogP contribution in [0.2, 0.25) is 0 Å². The van der Waals surface area contributed by atoms with Crippen LogP contribution in [-0.2, 0) is 0 Å². The monoisotopic (exact) mass is 291 g/mol. The van der Waals surface area contributed by atoms with Gasteiger partial charge in [0.2, 0.25) is 0 Å². The molecule has 1 aromatic heterocycles. The summed E-state index contributed by atoms with van der Waals surface area (Å²) in [6, 6.07) is 0.533. The minimum absolute atomic E-state index is 0.0318. The Kier molecular flexibility index (Phi) is 6.07. The molecule has 0 aromatic carbocycles. The van der Waals surface area contributed by atoms with Gasteiger partial charge in [-0.3, -0.25) is 9.69 Å². The zero-order valence-electron chi connectivity index (χ0n) is 12.7. The summed E-state index contributed by atoms with van der Waals surface area (Å²) in [6.07, 6.45) is 7.75. The van der Waals surface area contributed by atoms with Gasteiger partial charge in [0.25, 0.3) is 5.91 Å². The van der Waals surface area contributed by atoms with Crippen LogP contribution in [0.15, 0.2) is 18.7 Å². The highest BCUT2D eigenvalue weighted by molar-refractivity contribution is 5.93. The number of hydrogen-bond donors (Lipinski definition) is 1. The van der Waals surface area contributed by atoms with Gasteiger partial charge in [-0.15, -0.1) is 0 Å². The summed E-state index contributed by atoms with van der Waals surface area (Å²) in [5.41, 5.74) is 6.27. The van der Waals surface area contributed by atoms with Crippen LogP contribution in [0.25, 0.3) is 0 Å². The molecule has 2 heterocycles. The second-order valence-corrected chi connectivity index (χ2v) is 5.45. The summed E-state index contributed by atoms with van der Waals surface area (Å²) in [5, 5.41) is 0. The Labute approximate surface area is 126 Å². The van der Waals surface area contributed by atoms with Crippen molar-refractivity contribution in [3.8, 4) is 0 Å². The van der Waals surface area contributed by atoms with E-state index in [4.69, 9.17) is 5.73 Å². The fourth-order valence-electron chi connectivity index (χ4n) is 2.94. The molecule has 21 heavy (non-hydrogen) atoms. The molecule has 6 heteroatoms. The molecule has 0 aliphatic carbocycles. The first-order chi connectivity index (χ1) is 10.3. The normalized spacial score (nSPS) is 18.3. The van der Waals surface area contributed by atoms with E-state index in [9.17, 15) is 4.79 Å². The van der Waals surface area contributed by atoms with E-state index in [1.807, 2.05) is 4.90 Å². The number of aromatic nitrogens is 2. The van der Waals surface area contributed by atoms with E-state index >= 15 is 0 Å². The van der Waals surface area contributed by atoms with Crippen molar-refractivity contribution < 1.29 is 4.79 Å². The third-order valence-electron chi connectivity index (χ3n) is 4.11. The third kappa shape index (κ3) is 4.22. The van der Waals surface area contributed by atoms with Gasteiger partial charge >= 0.3 is 0 Å². The van der Waals surface area contributed by atoms with Crippen molar-refractivity contribution in [1.82, 2.24) is 19.8 Å². The molecule has 1 aliphatic heterocycles. The van der Waals surface area contributed by atoms with Gasteiger partial charge < -0.3 is 10.6 Å². The predicted molar refractivity (Wildman–Crippen MR) is 81.9 cm³/mol. The number of hydrogen-bond acceptors (Lipinski definition) is 5. The van der Waals surface area contributed by atoms with Gasteiger partial charge in [-0.2, -0.15) is 0 Å². The summed E-state index contributed by atoms with van der Waals surface area (Å²) in [7, 11) is 0. The molecule has 0 radical (unpaired) electrons. The molecule has 1 atom stereocenters. The van der Waals surface area contributed by atoms with Crippen molar-refractivity contribution in [2.24, 2.45) is 5.73 Å². The van der Waals surface area contributed by atoms with E-state index in [2.05, 4.69) is 21.8 Å². The molecule has 1 unspecified atom stereocenters. The van der Waals surface area contributed by atoms with E-state index < -0.39 is 0 Å². The Morgan fingerprint density at radius 2 is 2.05 bits per heavy atom. The van der Waals surface area contributed by atoms with Crippen LogP contribution >= 0.6 is 0 Å². The van der Waals surface area contributed by atoms with Crippen LogP contribution in [0.3, 0.4) is 0 Å². The summed E-state index contributed by atoms with van der Waals surface area (Å²) >= 11 is 0. The van der Waals surface area contributed by atoms with Gasteiger partial charge in [0.15, 0.2) is 0 Å². The number of carbonyl (C=O) groups is 1. The smallest absolute Gasteiger partial charge is 0.257 e. The Morgan fingerprint density at radius 3 is 2.71 bits per heavy atom. The zero-order chi connectivity index (χ0) is 15.1. The SMILES string of the molecule is CCC(CCN)N1CCCN(C(=O)c2cncnc2)CC1. The number of rotatable bonds is 5. The molecule has 1 saturated heterocycles. The standard InChI is InChI=1S/C15H25N5O/c1-2-14(4-5-16)19-6-3-7-20(9-8-19)15(21)13-10-17-12-18-11-13/h10-12,14H,2-9,16H2,1H3. The van der Waals surface area contributed by atoms with Crippen molar-refractivity contribution in [1.29, 1.82) is 0 Å². The van der Waals surface area contributed by atoms with Gasteiger partial charge in [0.05, 0.1) is 5.56 Å². The molecule has 2 N–H and O–H groups in total. The van der Waals surface area contributed by atoms with Crippen molar-refractivity contribution in [3.05, 3.63) is 24.3 Å². The first-order valence-corrected chi connectivity index (χ1v) is 7.74. The minimum atomic E-state index is 0.0318. The molecule has 1 amide bonds. The molecule has 0 spiro atoms. The molecule has 0 saturated carbocycles. The average molecular weight is 291 g/mol. The average Bonchev–Trinajstić information content (AvgIpc) is 2.78. The third-order valence-corrected chi connectivity index (χ3v) is 4.11. The lowest BCUT2D eigenvalue weighted by atomic mass is 10.1. The first kappa shape index (κ1) is 15.9. The fraction of sp³-hybridized carbons (Fsp3) is 0.667. The molecule has 0 bridgehead atoms. The molecule has 1 aromatic rings. The van der Waals surface area contributed by atoms with Crippen LogP contribution in [0.1, 0.15) is 36.5 Å². The maximum absolute atomic E-state index is 12.4. The molecule has 1 fully saturated rings. The Bertz CT molecular complexity index is 439. The fourth-order valence-corrected chi connectivity index (χ4v) is 2.94. The van der Waals surface area contributed by atoms with Crippen molar-refractivity contribution in [2.75, 3.05) is 32.7 Å². The van der Waals surface area contributed by atoms with Crippen LogP contribution in [0.4, 0.5) is 0 Å². The van der Waals surface area contributed by atoms with Gasteiger partial charge in [-0.25, -0.2) is 9.97 Å². The molecule has 2 rings (SSSR count). The highest BCUT2D eigenvalue weighted by atomic mass is 16.2. The number of nitrogens with zero attached hydrogens (tertiary/aromatic N) is 4. The van der Waals surface area contributed by atoms with E-state index in [1.54, 1.807) is 12.4 Å². The summed E-state index contributed by atoms with van der Waals surface area (Å²) in [5.74, 6) is 0.0318. The van der Waals surface area contributed by atoms with Crippen molar-refractivity contribution >= 4 is 5.91 Å². The van der Waals surface area contributed by atoms with Gasteiger partial charge in [-0.1, -0.05) is 6.92 Å². The second kappa shape index (κ2) is 8.05. The van der Waals surface area contributed by atoms with Crippen molar-refractivity contribution in [2.45, 2.75) is 32.2 Å². The quantitative estimate of drug-likeness (QED) is 0.866. The lowest BCUT2D eigenvalue weighted by Crippen LogP contribution is -2.40. The largest absolute Gasteiger partial charge is 0.337 e. The molecular formula is C15H25N5O. The highest BCUT2D eigenvalue weighted by Gasteiger charge is 2.23. The van der Waals surface area contributed by atoms with Crippen LogP contribution in [-0.4, -0.2) is 64.4 Å². The topological polar surface area (TPSA) is 75.3 Å². The number of nitrogens with two attached hydrogens (primary N) is 1. The maximum atomic E-state index is 12.4. The maximum Gasteiger partial charge on any atom is 0.257 e. The van der Waals surface area contributed by atoms with E-state index in [1.165, 1.54) is 6.33 Å². The van der Waals surface area contributed by atoms with E-state index in [0.717, 1.165) is 52.0 Å². The van der Waals surface area contributed by atoms with Crippen LogP contribution in [0.5, 0.6) is 0 Å². The molecule has 116 valence electrons. The van der Waals surface area contributed by atoms with Gasteiger partial charge in [-0.05, 0) is 25.8 Å². The van der Waals surface area contributed by atoms with Gasteiger partial charge in [0.1, 0.15) is 6.33 Å². The lowest BCUT2D eigenvalue weighted by Gasteiger charge is -2.29. The second-order valence-electron chi connectivity index (χ2n) is 5.45. The van der Waals surface area contributed by atoms with Gasteiger partial charge in [0, 0.05) is 44.6 Å². The van der Waals surface area contributed by atoms with E-state index in [0.29, 0.717) is 11.6 Å². The first-order valence-electron chi connectivity index (χ1n) is 7.74. The van der Waals surface area contributed by atoms with Crippen molar-refractivity contribution in [3.63, 3.8) is 0 Å². The lowest BCUT2D eigenvalue weighted by molar-refractivity contribution is 0.0756. The molecule has 6 nitrogen and oxygen atoms in total. The Morgan fingerprint density at radius 1 is 1.29 bits per heavy atom. The summed E-state index contributed by atoms with van der Waals surface area (Å²) in [4.78, 5) is 24.7. The minimum Gasteiger partial charge on any atom is -0.337 e. The molecule has 1 aliphatic rings. The molecular weight excluding hydrogens is 266 g/mol. The number of amides is 1. The van der Waals surface area contributed by atoms with Crippen LogP contribution < -0.4 is 5.73 Å². The predicted octanol–water partition coefficient (Wildman–Crippen LogP) is 0.752. The highest BCUT2D eigenvalue weighted by Crippen LogP contribution is 2.13. The summed E-state index contributed by atoms with van der Waals surface area (Å²) < 4.78 is 0. The number of carbonyl (C=O) groups excluding carboxylic acids is 1. The van der Waals surface area contributed by atoms with Crippen LogP contribution in [0, 0.1) is 0 Å². The Hall–Kier alpha value is -1.53. The van der Waals surface area contributed by atoms with E-state index in [-0.39, 0.29) is 5.91 Å². The summed E-state index contributed by atoms with van der Waals surface area (Å²) in [6.45, 7) is 6.43.